The molecule has 3 rings (SSSR count). The normalized spacial score (nSPS) is 11.0. The Bertz CT molecular complexity index is 1050. The maximum absolute atomic E-state index is 14.7. The van der Waals surface area contributed by atoms with Crippen molar-refractivity contribution in [3.63, 3.8) is 0 Å². The van der Waals surface area contributed by atoms with E-state index >= 15 is 0 Å². The van der Waals surface area contributed by atoms with Crippen LogP contribution in [-0.2, 0) is 6.54 Å². The second-order valence-electron chi connectivity index (χ2n) is 7.00. The van der Waals surface area contributed by atoms with Crippen molar-refractivity contribution in [2.75, 3.05) is 14.1 Å². The molecule has 7 heteroatoms. The molecule has 1 aromatic heterocycles. The molecule has 0 bridgehead atoms. The number of hydrogen-bond acceptors (Lipinski definition) is 4. The molecule has 3 N–H and O–H groups in total. The summed E-state index contributed by atoms with van der Waals surface area (Å²) >= 11 is 0. The third-order valence-electron chi connectivity index (χ3n) is 4.35. The number of amidine groups is 1. The van der Waals surface area contributed by atoms with E-state index in [0.29, 0.717) is 11.1 Å². The fourth-order valence-electron chi connectivity index (χ4n) is 2.86. The Morgan fingerprint density at radius 3 is 2.41 bits per heavy atom. The van der Waals surface area contributed by atoms with Crippen molar-refractivity contribution in [3.8, 4) is 22.9 Å². The molecule has 0 unspecified atom stereocenters. The van der Waals surface area contributed by atoms with Crippen molar-refractivity contribution >= 4 is 5.84 Å². The van der Waals surface area contributed by atoms with Crippen LogP contribution >= 0.6 is 0 Å². The molecule has 0 aliphatic heterocycles. The van der Waals surface area contributed by atoms with Gasteiger partial charge in [0.15, 0.2) is 11.6 Å². The molecule has 0 aliphatic rings. The summed E-state index contributed by atoms with van der Waals surface area (Å²) in [5.74, 6) is -1.83. The van der Waals surface area contributed by atoms with Crippen LogP contribution in [0.25, 0.3) is 11.3 Å². The number of benzene rings is 2. The minimum absolute atomic E-state index is 0.0121. The summed E-state index contributed by atoms with van der Waals surface area (Å²) in [6, 6.07) is 13.6. The van der Waals surface area contributed by atoms with E-state index in [2.05, 4.69) is 4.98 Å². The lowest BCUT2D eigenvalue weighted by Gasteiger charge is -2.13. The number of nitrogens with zero attached hydrogens (tertiary/aromatic N) is 2. The smallest absolute Gasteiger partial charge is 0.256 e. The minimum atomic E-state index is -0.872. The van der Waals surface area contributed by atoms with Gasteiger partial charge in [-0.3, -0.25) is 5.41 Å². The van der Waals surface area contributed by atoms with Gasteiger partial charge in [-0.05, 0) is 38.7 Å². The van der Waals surface area contributed by atoms with Crippen LogP contribution in [-0.4, -0.2) is 29.8 Å². The third-order valence-corrected chi connectivity index (χ3v) is 4.35. The lowest BCUT2D eigenvalue weighted by Crippen LogP contribution is -2.11. The lowest BCUT2D eigenvalue weighted by atomic mass is 10.1. The van der Waals surface area contributed by atoms with Crippen molar-refractivity contribution < 1.29 is 13.5 Å². The molecule has 29 heavy (non-hydrogen) atoms. The van der Waals surface area contributed by atoms with Gasteiger partial charge in [-0.1, -0.05) is 36.4 Å². The Labute approximate surface area is 168 Å². The topological polar surface area (TPSA) is 75.2 Å². The predicted molar refractivity (Wildman–Crippen MR) is 109 cm³/mol. The molecule has 0 saturated carbocycles. The highest BCUT2D eigenvalue weighted by atomic mass is 19.1. The molecule has 0 amide bonds. The number of pyridine rings is 1. The first-order chi connectivity index (χ1) is 13.8. The van der Waals surface area contributed by atoms with E-state index in [0.717, 1.165) is 12.1 Å². The van der Waals surface area contributed by atoms with E-state index in [1.165, 1.54) is 13.0 Å². The Kier molecular flexibility index (Phi) is 5.89. The molecule has 0 spiro atoms. The highest BCUT2D eigenvalue weighted by Crippen LogP contribution is 2.32. The zero-order chi connectivity index (χ0) is 21.1. The van der Waals surface area contributed by atoms with Gasteiger partial charge >= 0.3 is 0 Å². The summed E-state index contributed by atoms with van der Waals surface area (Å²) in [7, 11) is 3.92. The van der Waals surface area contributed by atoms with Crippen LogP contribution in [0.4, 0.5) is 8.78 Å². The van der Waals surface area contributed by atoms with Gasteiger partial charge in [-0.25, -0.2) is 13.8 Å². The van der Waals surface area contributed by atoms with Crippen LogP contribution in [0.15, 0.2) is 48.5 Å². The van der Waals surface area contributed by atoms with Gasteiger partial charge in [0.25, 0.3) is 5.88 Å². The Hall–Kier alpha value is -3.32. The molecule has 1 heterocycles. The highest BCUT2D eigenvalue weighted by Gasteiger charge is 2.20. The van der Waals surface area contributed by atoms with Gasteiger partial charge in [0.05, 0.1) is 0 Å². The third kappa shape index (κ3) is 4.57. The van der Waals surface area contributed by atoms with Crippen LogP contribution in [0.1, 0.15) is 16.7 Å². The average molecular weight is 396 g/mol. The van der Waals surface area contributed by atoms with Crippen molar-refractivity contribution in [2.45, 2.75) is 13.5 Å². The number of halogens is 2. The number of ether oxygens (including phenoxy) is 1. The molecular formula is C22H22F2N4O. The van der Waals surface area contributed by atoms with Gasteiger partial charge in [-0.15, -0.1) is 0 Å². The first kappa shape index (κ1) is 20.4. The first-order valence-electron chi connectivity index (χ1n) is 8.98. The highest BCUT2D eigenvalue weighted by molar-refractivity contribution is 5.95. The van der Waals surface area contributed by atoms with E-state index in [1.807, 2.05) is 31.1 Å². The molecular weight excluding hydrogens is 374 g/mol. The van der Waals surface area contributed by atoms with Crippen LogP contribution in [0, 0.1) is 24.0 Å². The number of hydrogen-bond donors (Lipinski definition) is 2. The summed E-state index contributed by atoms with van der Waals surface area (Å²) in [5, 5.41) is 7.50. The van der Waals surface area contributed by atoms with Gasteiger partial charge in [0.2, 0.25) is 0 Å². The van der Waals surface area contributed by atoms with E-state index in [4.69, 9.17) is 15.9 Å². The largest absolute Gasteiger partial charge is 0.436 e. The number of nitrogen functional groups attached to an aromatic ring is 1. The van der Waals surface area contributed by atoms with Crippen LogP contribution in [0.2, 0.25) is 0 Å². The number of rotatable bonds is 6. The summed E-state index contributed by atoms with van der Waals surface area (Å²) in [6.07, 6.45) is 0. The molecule has 0 radical (unpaired) electrons. The van der Waals surface area contributed by atoms with Crippen LogP contribution in [0.5, 0.6) is 11.6 Å². The molecule has 0 aliphatic carbocycles. The molecule has 0 atom stereocenters. The van der Waals surface area contributed by atoms with E-state index in [9.17, 15) is 8.78 Å². The van der Waals surface area contributed by atoms with Gasteiger partial charge in [0.1, 0.15) is 17.3 Å². The Balaban J connectivity index is 1.99. The van der Waals surface area contributed by atoms with E-state index in [-0.39, 0.29) is 28.7 Å². The first-order valence-corrected chi connectivity index (χ1v) is 8.98. The second kappa shape index (κ2) is 8.36. The van der Waals surface area contributed by atoms with Crippen molar-refractivity contribution in [3.05, 3.63) is 76.9 Å². The van der Waals surface area contributed by atoms with E-state index < -0.39 is 11.6 Å². The molecule has 150 valence electrons. The molecule has 0 saturated heterocycles. The van der Waals surface area contributed by atoms with Gasteiger partial charge < -0.3 is 15.4 Å². The lowest BCUT2D eigenvalue weighted by molar-refractivity contribution is 0.402. The zero-order valence-electron chi connectivity index (χ0n) is 16.5. The molecule has 3 aromatic rings. The van der Waals surface area contributed by atoms with Crippen LogP contribution in [0.3, 0.4) is 0 Å². The number of nitrogens with one attached hydrogen (secondary N) is 1. The van der Waals surface area contributed by atoms with Crippen molar-refractivity contribution in [1.82, 2.24) is 9.88 Å². The average Bonchev–Trinajstić information content (AvgIpc) is 2.69. The van der Waals surface area contributed by atoms with E-state index in [1.54, 1.807) is 30.3 Å². The maximum Gasteiger partial charge on any atom is 0.256 e. The van der Waals surface area contributed by atoms with Gasteiger partial charge in [0, 0.05) is 23.2 Å². The van der Waals surface area contributed by atoms with Crippen molar-refractivity contribution in [1.29, 1.82) is 5.41 Å². The summed E-state index contributed by atoms with van der Waals surface area (Å²) in [6.45, 7) is 2.09. The fraction of sp³-hybridized carbons (Fsp3) is 0.182. The minimum Gasteiger partial charge on any atom is -0.436 e. The quantitative estimate of drug-likeness (QED) is 0.476. The Morgan fingerprint density at radius 1 is 1.10 bits per heavy atom. The molecule has 5 nitrogen and oxygen atoms in total. The monoisotopic (exact) mass is 396 g/mol. The predicted octanol–water partition coefficient (Wildman–Crippen LogP) is 4.47. The number of nitrogens with two attached hydrogens (primary N) is 1. The fourth-order valence-corrected chi connectivity index (χ4v) is 2.86. The van der Waals surface area contributed by atoms with Crippen molar-refractivity contribution in [2.24, 2.45) is 5.73 Å². The second-order valence-corrected chi connectivity index (χ2v) is 7.00. The summed E-state index contributed by atoms with van der Waals surface area (Å²) in [4.78, 5) is 6.12. The Morgan fingerprint density at radius 2 is 1.79 bits per heavy atom. The van der Waals surface area contributed by atoms with Crippen LogP contribution < -0.4 is 10.5 Å². The standard InChI is InChI=1S/C22H22F2N4O/c1-13-18(23)20(15-9-7-14(8-10-15)12-28(2)3)27-22(19(13)24)29-17-6-4-5-16(11-17)21(25)26/h4-11H,12H2,1-3H3,(H3,25,26). The van der Waals surface area contributed by atoms with Gasteiger partial charge in [-0.2, -0.15) is 0 Å². The summed E-state index contributed by atoms with van der Waals surface area (Å²) < 4.78 is 34.9. The zero-order valence-corrected chi connectivity index (χ0v) is 16.5. The maximum atomic E-state index is 14.7. The SMILES string of the molecule is Cc1c(F)c(Oc2cccc(C(=N)N)c2)nc(-c2ccc(CN(C)C)cc2)c1F. The molecule has 0 fully saturated rings. The number of aromatic nitrogens is 1. The summed E-state index contributed by atoms with van der Waals surface area (Å²) in [5.41, 5.74) is 7.33. The molecule has 2 aromatic carbocycles.